The molecule has 1 saturated heterocycles. The van der Waals surface area contributed by atoms with E-state index in [0.717, 1.165) is 39.1 Å². The Labute approximate surface area is 111 Å². The number of nitrogens with two attached hydrogens (primary N) is 1. The number of rotatable bonds is 5. The summed E-state index contributed by atoms with van der Waals surface area (Å²) in [7, 11) is 4.22. The smallest absolute Gasteiger partial charge is 0.188 e. The van der Waals surface area contributed by atoms with Crippen molar-refractivity contribution in [3.05, 3.63) is 0 Å². The van der Waals surface area contributed by atoms with Crippen molar-refractivity contribution < 1.29 is 4.74 Å². The lowest BCUT2D eigenvalue weighted by molar-refractivity contribution is -0.00252. The first-order valence-electron chi connectivity index (χ1n) is 6.75. The van der Waals surface area contributed by atoms with Crippen LogP contribution in [0.2, 0.25) is 0 Å². The summed E-state index contributed by atoms with van der Waals surface area (Å²) in [5.74, 6) is 1.13. The second-order valence-electron chi connectivity index (χ2n) is 5.71. The van der Waals surface area contributed by atoms with E-state index in [-0.39, 0.29) is 5.54 Å². The number of hydrogen-bond acceptors (Lipinski definition) is 3. The highest BCUT2D eigenvalue weighted by molar-refractivity contribution is 5.77. The Balaban J connectivity index is 2.53. The molecule has 106 valence electrons. The third-order valence-corrected chi connectivity index (χ3v) is 3.61. The third kappa shape index (κ3) is 4.46. The molecule has 0 aromatic heterocycles. The van der Waals surface area contributed by atoms with Gasteiger partial charge >= 0.3 is 0 Å². The highest BCUT2D eigenvalue weighted by Gasteiger charge is 2.34. The zero-order valence-electron chi connectivity index (χ0n) is 12.2. The van der Waals surface area contributed by atoms with Crippen molar-refractivity contribution in [3.63, 3.8) is 0 Å². The van der Waals surface area contributed by atoms with Crippen molar-refractivity contribution in [1.29, 1.82) is 0 Å². The molecule has 0 amide bonds. The van der Waals surface area contributed by atoms with Crippen molar-refractivity contribution >= 4 is 5.96 Å². The second-order valence-corrected chi connectivity index (χ2v) is 5.71. The maximum absolute atomic E-state index is 5.89. The number of nitrogens with one attached hydrogen (secondary N) is 1. The number of hydrogen-bond donors (Lipinski definition) is 2. The number of aliphatic imine (C=N–C) groups is 1. The predicted molar refractivity (Wildman–Crippen MR) is 75.8 cm³/mol. The SMILES string of the molecule is CC(C)CNC(N)=NCC1(N(C)C)CCOCC1. The van der Waals surface area contributed by atoms with Crippen LogP contribution in [-0.2, 0) is 4.74 Å². The maximum atomic E-state index is 5.89. The van der Waals surface area contributed by atoms with E-state index in [1.807, 2.05) is 0 Å². The molecule has 0 aromatic rings. The normalized spacial score (nSPS) is 20.4. The topological polar surface area (TPSA) is 62.9 Å². The minimum absolute atomic E-state index is 0.0996. The zero-order valence-corrected chi connectivity index (χ0v) is 12.2. The molecular weight excluding hydrogens is 228 g/mol. The minimum Gasteiger partial charge on any atom is -0.381 e. The fraction of sp³-hybridized carbons (Fsp3) is 0.923. The molecule has 5 nitrogen and oxygen atoms in total. The van der Waals surface area contributed by atoms with Gasteiger partial charge in [0.25, 0.3) is 0 Å². The predicted octanol–water partition coefficient (Wildman–Crippen LogP) is 0.658. The molecule has 0 bridgehead atoms. The second kappa shape index (κ2) is 6.95. The average Bonchev–Trinajstić information content (AvgIpc) is 2.34. The van der Waals surface area contributed by atoms with E-state index < -0.39 is 0 Å². The van der Waals surface area contributed by atoms with Gasteiger partial charge in [-0.3, -0.25) is 4.99 Å². The van der Waals surface area contributed by atoms with Crippen LogP contribution in [-0.4, -0.2) is 56.8 Å². The van der Waals surface area contributed by atoms with Crippen LogP contribution < -0.4 is 11.1 Å². The van der Waals surface area contributed by atoms with Crippen molar-refractivity contribution in [3.8, 4) is 0 Å². The van der Waals surface area contributed by atoms with E-state index in [4.69, 9.17) is 10.5 Å². The Hall–Kier alpha value is -0.810. The monoisotopic (exact) mass is 256 g/mol. The first-order valence-corrected chi connectivity index (χ1v) is 6.75. The van der Waals surface area contributed by atoms with E-state index in [9.17, 15) is 0 Å². The van der Waals surface area contributed by atoms with Crippen LogP contribution in [0.15, 0.2) is 4.99 Å². The summed E-state index contributed by atoms with van der Waals surface area (Å²) in [5, 5.41) is 3.16. The van der Waals surface area contributed by atoms with Crippen molar-refractivity contribution in [1.82, 2.24) is 10.2 Å². The Kier molecular flexibility index (Phi) is 5.88. The fourth-order valence-corrected chi connectivity index (χ4v) is 2.10. The van der Waals surface area contributed by atoms with Gasteiger partial charge in [0, 0.05) is 25.3 Å². The van der Waals surface area contributed by atoms with Crippen LogP contribution in [0.25, 0.3) is 0 Å². The number of likely N-dealkylation sites (N-methyl/N-ethyl adjacent to an activating group) is 1. The molecule has 0 atom stereocenters. The Morgan fingerprint density at radius 2 is 2.00 bits per heavy atom. The van der Waals surface area contributed by atoms with E-state index in [0.29, 0.717) is 11.9 Å². The summed E-state index contributed by atoms with van der Waals surface area (Å²) < 4.78 is 5.44. The zero-order chi connectivity index (χ0) is 13.6. The minimum atomic E-state index is 0.0996. The summed E-state index contributed by atoms with van der Waals surface area (Å²) in [4.78, 5) is 6.76. The molecule has 0 aromatic carbocycles. The highest BCUT2D eigenvalue weighted by Crippen LogP contribution is 2.26. The number of guanidine groups is 1. The standard InChI is InChI=1S/C13H28N4O/c1-11(2)9-15-12(14)16-10-13(17(3)4)5-7-18-8-6-13/h11H,5-10H2,1-4H3,(H3,14,15,16). The molecule has 1 rings (SSSR count). The fourth-order valence-electron chi connectivity index (χ4n) is 2.10. The van der Waals surface area contributed by atoms with Crippen molar-refractivity contribution in [2.75, 3.05) is 40.4 Å². The molecule has 18 heavy (non-hydrogen) atoms. The van der Waals surface area contributed by atoms with Crippen molar-refractivity contribution in [2.45, 2.75) is 32.2 Å². The lowest BCUT2D eigenvalue weighted by Crippen LogP contribution is -2.51. The molecule has 0 saturated carbocycles. The van der Waals surface area contributed by atoms with Gasteiger partial charge in [0.05, 0.1) is 6.54 Å². The van der Waals surface area contributed by atoms with Gasteiger partial charge in [-0.2, -0.15) is 0 Å². The van der Waals surface area contributed by atoms with Crippen LogP contribution >= 0.6 is 0 Å². The van der Waals surface area contributed by atoms with Gasteiger partial charge in [0.1, 0.15) is 0 Å². The molecule has 1 aliphatic rings. The van der Waals surface area contributed by atoms with E-state index >= 15 is 0 Å². The molecular formula is C13H28N4O. The summed E-state index contributed by atoms with van der Waals surface area (Å²) >= 11 is 0. The quantitative estimate of drug-likeness (QED) is 0.560. The number of ether oxygens (including phenoxy) is 1. The molecule has 3 N–H and O–H groups in total. The Bertz CT molecular complexity index is 270. The lowest BCUT2D eigenvalue weighted by Gasteiger charge is -2.41. The molecule has 0 aliphatic carbocycles. The van der Waals surface area contributed by atoms with Crippen LogP contribution in [0.5, 0.6) is 0 Å². The highest BCUT2D eigenvalue weighted by atomic mass is 16.5. The lowest BCUT2D eigenvalue weighted by atomic mass is 9.89. The Morgan fingerprint density at radius 3 is 2.50 bits per heavy atom. The van der Waals surface area contributed by atoms with E-state index in [1.165, 1.54) is 0 Å². The molecule has 0 radical (unpaired) electrons. The molecule has 1 heterocycles. The summed E-state index contributed by atoms with van der Waals surface area (Å²) in [6.45, 7) is 7.54. The third-order valence-electron chi connectivity index (χ3n) is 3.61. The van der Waals surface area contributed by atoms with Crippen LogP contribution in [0, 0.1) is 5.92 Å². The average molecular weight is 256 g/mol. The van der Waals surface area contributed by atoms with E-state index in [1.54, 1.807) is 0 Å². The van der Waals surface area contributed by atoms with Crippen molar-refractivity contribution in [2.24, 2.45) is 16.6 Å². The molecule has 1 aliphatic heterocycles. The Morgan fingerprint density at radius 1 is 1.39 bits per heavy atom. The van der Waals surface area contributed by atoms with Gasteiger partial charge in [-0.25, -0.2) is 0 Å². The van der Waals surface area contributed by atoms with Crippen LogP contribution in [0.3, 0.4) is 0 Å². The van der Waals surface area contributed by atoms with Gasteiger partial charge < -0.3 is 20.7 Å². The molecule has 0 spiro atoms. The molecule has 1 fully saturated rings. The van der Waals surface area contributed by atoms with Gasteiger partial charge in [-0.05, 0) is 32.9 Å². The molecule has 5 heteroatoms. The first kappa shape index (κ1) is 15.2. The summed E-state index contributed by atoms with van der Waals surface area (Å²) in [6.07, 6.45) is 2.03. The molecule has 0 unspecified atom stereocenters. The first-order chi connectivity index (χ1) is 8.46. The van der Waals surface area contributed by atoms with Gasteiger partial charge in [-0.15, -0.1) is 0 Å². The van der Waals surface area contributed by atoms with Crippen LogP contribution in [0.4, 0.5) is 0 Å². The van der Waals surface area contributed by atoms with E-state index in [2.05, 4.69) is 43.2 Å². The number of nitrogens with zero attached hydrogens (tertiary/aromatic N) is 2. The maximum Gasteiger partial charge on any atom is 0.188 e. The summed E-state index contributed by atoms with van der Waals surface area (Å²) in [6, 6.07) is 0. The van der Waals surface area contributed by atoms with Gasteiger partial charge in [0.2, 0.25) is 0 Å². The summed E-state index contributed by atoms with van der Waals surface area (Å²) in [5.41, 5.74) is 5.99. The largest absolute Gasteiger partial charge is 0.381 e. The van der Waals surface area contributed by atoms with Crippen LogP contribution in [0.1, 0.15) is 26.7 Å². The van der Waals surface area contributed by atoms with Gasteiger partial charge in [0.15, 0.2) is 5.96 Å². The van der Waals surface area contributed by atoms with Gasteiger partial charge in [-0.1, -0.05) is 13.8 Å².